The van der Waals surface area contributed by atoms with Crippen LogP contribution in [0, 0.1) is 0 Å². The number of carbonyl (C=O) groups excluding carboxylic acids is 1. The SMILES string of the molecule is CC(=O)N1CCC(NCc2cc(Br)c(O)c(Br)c2)CC1. The highest BCUT2D eigenvalue weighted by Crippen LogP contribution is 2.33. The molecule has 0 unspecified atom stereocenters. The van der Waals surface area contributed by atoms with Crippen LogP contribution in [-0.4, -0.2) is 35.0 Å². The lowest BCUT2D eigenvalue weighted by Gasteiger charge is -2.31. The number of amides is 1. The minimum Gasteiger partial charge on any atom is -0.506 e. The van der Waals surface area contributed by atoms with Crippen molar-refractivity contribution in [2.45, 2.75) is 32.4 Å². The van der Waals surface area contributed by atoms with Gasteiger partial charge in [-0.3, -0.25) is 4.79 Å². The van der Waals surface area contributed by atoms with Crippen molar-refractivity contribution in [3.8, 4) is 5.75 Å². The molecule has 0 bridgehead atoms. The summed E-state index contributed by atoms with van der Waals surface area (Å²) in [6.45, 7) is 4.04. The van der Waals surface area contributed by atoms with E-state index in [1.165, 1.54) is 0 Å². The van der Waals surface area contributed by atoms with Gasteiger partial charge in [-0.2, -0.15) is 0 Å². The maximum Gasteiger partial charge on any atom is 0.219 e. The lowest BCUT2D eigenvalue weighted by molar-refractivity contribution is -0.129. The van der Waals surface area contributed by atoms with E-state index in [0.717, 1.165) is 38.0 Å². The van der Waals surface area contributed by atoms with E-state index >= 15 is 0 Å². The van der Waals surface area contributed by atoms with Gasteiger partial charge < -0.3 is 15.3 Å². The Morgan fingerprint density at radius 2 is 1.90 bits per heavy atom. The molecular weight excluding hydrogens is 388 g/mol. The molecule has 4 nitrogen and oxygen atoms in total. The van der Waals surface area contributed by atoms with E-state index in [9.17, 15) is 9.90 Å². The van der Waals surface area contributed by atoms with Crippen molar-refractivity contribution < 1.29 is 9.90 Å². The fraction of sp³-hybridized carbons (Fsp3) is 0.500. The highest BCUT2D eigenvalue weighted by atomic mass is 79.9. The summed E-state index contributed by atoms with van der Waals surface area (Å²) in [4.78, 5) is 13.2. The van der Waals surface area contributed by atoms with Gasteiger partial charge in [0.15, 0.2) is 0 Å². The number of aromatic hydroxyl groups is 1. The minimum absolute atomic E-state index is 0.162. The molecule has 1 aliphatic heterocycles. The number of piperidine rings is 1. The number of hydrogen-bond donors (Lipinski definition) is 2. The summed E-state index contributed by atoms with van der Waals surface area (Å²) in [5.74, 6) is 0.387. The van der Waals surface area contributed by atoms with Crippen LogP contribution >= 0.6 is 31.9 Å². The zero-order valence-corrected chi connectivity index (χ0v) is 14.5. The Balaban J connectivity index is 1.86. The molecule has 2 rings (SSSR count). The number of rotatable bonds is 3. The molecule has 0 atom stereocenters. The van der Waals surface area contributed by atoms with Gasteiger partial charge in [0.2, 0.25) is 5.91 Å². The predicted molar refractivity (Wildman–Crippen MR) is 85.6 cm³/mol. The molecule has 0 radical (unpaired) electrons. The van der Waals surface area contributed by atoms with Crippen LogP contribution < -0.4 is 5.32 Å². The number of likely N-dealkylation sites (tertiary alicyclic amines) is 1. The second-order valence-electron chi connectivity index (χ2n) is 5.07. The first kappa shape index (κ1) is 15.8. The summed E-state index contributed by atoms with van der Waals surface area (Å²) < 4.78 is 1.38. The molecule has 110 valence electrons. The molecule has 0 saturated carbocycles. The van der Waals surface area contributed by atoms with E-state index < -0.39 is 0 Å². The number of carbonyl (C=O) groups is 1. The fourth-order valence-corrected chi connectivity index (χ4v) is 3.66. The van der Waals surface area contributed by atoms with Gasteiger partial charge in [0.25, 0.3) is 0 Å². The summed E-state index contributed by atoms with van der Waals surface area (Å²) in [6, 6.07) is 4.27. The number of phenolic OH excluding ortho intramolecular Hbond substituents is 1. The van der Waals surface area contributed by atoms with Crippen molar-refractivity contribution in [2.75, 3.05) is 13.1 Å². The van der Waals surface area contributed by atoms with E-state index in [-0.39, 0.29) is 11.7 Å². The maximum atomic E-state index is 11.3. The molecule has 0 spiro atoms. The van der Waals surface area contributed by atoms with Gasteiger partial charge in [-0.1, -0.05) is 0 Å². The van der Waals surface area contributed by atoms with Crippen LogP contribution in [0.3, 0.4) is 0 Å². The summed E-state index contributed by atoms with van der Waals surface area (Å²) in [5, 5.41) is 13.2. The maximum absolute atomic E-state index is 11.3. The molecule has 1 fully saturated rings. The molecule has 0 aliphatic carbocycles. The van der Waals surface area contributed by atoms with E-state index in [4.69, 9.17) is 0 Å². The standard InChI is InChI=1S/C14H18Br2N2O2/c1-9(19)18-4-2-11(3-5-18)17-8-10-6-12(15)14(20)13(16)7-10/h6-7,11,17,20H,2-5,8H2,1H3. The first-order valence-corrected chi connectivity index (χ1v) is 8.21. The first-order valence-electron chi connectivity index (χ1n) is 6.63. The molecule has 6 heteroatoms. The molecule has 1 saturated heterocycles. The molecule has 1 aromatic rings. The van der Waals surface area contributed by atoms with Crippen molar-refractivity contribution in [3.05, 3.63) is 26.6 Å². The predicted octanol–water partition coefficient (Wildman–Crippen LogP) is 3.02. The molecule has 1 aromatic carbocycles. The lowest BCUT2D eigenvalue weighted by atomic mass is 10.0. The topological polar surface area (TPSA) is 52.6 Å². The van der Waals surface area contributed by atoms with Crippen LogP contribution in [0.2, 0.25) is 0 Å². The van der Waals surface area contributed by atoms with Gasteiger partial charge >= 0.3 is 0 Å². The molecule has 1 amide bonds. The number of phenols is 1. The molecule has 0 aromatic heterocycles. The normalized spacial score (nSPS) is 16.4. The Labute approximate surface area is 135 Å². The van der Waals surface area contributed by atoms with Crippen LogP contribution in [0.1, 0.15) is 25.3 Å². The summed E-state index contributed by atoms with van der Waals surface area (Å²) in [5.41, 5.74) is 1.11. The van der Waals surface area contributed by atoms with E-state index in [0.29, 0.717) is 15.0 Å². The Morgan fingerprint density at radius 3 is 2.40 bits per heavy atom. The molecule has 1 heterocycles. The van der Waals surface area contributed by atoms with Gasteiger partial charge in [0.05, 0.1) is 8.95 Å². The Kier molecular flexibility index (Phi) is 5.46. The van der Waals surface area contributed by atoms with Crippen LogP contribution in [0.15, 0.2) is 21.1 Å². The van der Waals surface area contributed by atoms with Crippen molar-refractivity contribution >= 4 is 37.8 Å². The van der Waals surface area contributed by atoms with Crippen LogP contribution in [0.25, 0.3) is 0 Å². The van der Waals surface area contributed by atoms with E-state index in [1.807, 2.05) is 17.0 Å². The van der Waals surface area contributed by atoms with Crippen molar-refractivity contribution in [1.82, 2.24) is 10.2 Å². The average Bonchev–Trinajstić information content (AvgIpc) is 2.42. The molecular formula is C14H18Br2N2O2. The Hall–Kier alpha value is -0.590. The third-order valence-corrected chi connectivity index (χ3v) is 4.82. The first-order chi connectivity index (χ1) is 9.47. The van der Waals surface area contributed by atoms with Crippen LogP contribution in [0.4, 0.5) is 0 Å². The van der Waals surface area contributed by atoms with E-state index in [1.54, 1.807) is 6.92 Å². The zero-order chi connectivity index (χ0) is 14.7. The number of hydrogen-bond acceptors (Lipinski definition) is 3. The van der Waals surface area contributed by atoms with Crippen molar-refractivity contribution in [1.29, 1.82) is 0 Å². The molecule has 2 N–H and O–H groups in total. The van der Waals surface area contributed by atoms with Crippen LogP contribution in [-0.2, 0) is 11.3 Å². The molecule has 1 aliphatic rings. The highest BCUT2D eigenvalue weighted by Gasteiger charge is 2.20. The van der Waals surface area contributed by atoms with Crippen LogP contribution in [0.5, 0.6) is 5.75 Å². The summed E-state index contributed by atoms with van der Waals surface area (Å²) in [6.07, 6.45) is 1.97. The minimum atomic E-state index is 0.162. The van der Waals surface area contributed by atoms with Gasteiger partial charge in [0, 0.05) is 32.6 Å². The fourth-order valence-electron chi connectivity index (χ4n) is 2.38. The lowest BCUT2D eigenvalue weighted by Crippen LogP contribution is -2.43. The van der Waals surface area contributed by atoms with Gasteiger partial charge in [0.1, 0.15) is 5.75 Å². The Bertz CT molecular complexity index is 477. The monoisotopic (exact) mass is 404 g/mol. The summed E-state index contributed by atoms with van der Waals surface area (Å²) in [7, 11) is 0. The van der Waals surface area contributed by atoms with Crippen molar-refractivity contribution in [2.24, 2.45) is 0 Å². The zero-order valence-electron chi connectivity index (χ0n) is 11.3. The largest absolute Gasteiger partial charge is 0.506 e. The van der Waals surface area contributed by atoms with Gasteiger partial charge in [-0.25, -0.2) is 0 Å². The third-order valence-electron chi connectivity index (χ3n) is 3.61. The van der Waals surface area contributed by atoms with Crippen molar-refractivity contribution in [3.63, 3.8) is 0 Å². The van der Waals surface area contributed by atoms with E-state index in [2.05, 4.69) is 37.2 Å². The molecule has 20 heavy (non-hydrogen) atoms. The van der Waals surface area contributed by atoms with Gasteiger partial charge in [-0.15, -0.1) is 0 Å². The summed E-state index contributed by atoms with van der Waals surface area (Å²) >= 11 is 6.67. The average molecular weight is 406 g/mol. The quantitative estimate of drug-likeness (QED) is 0.812. The Morgan fingerprint density at radius 1 is 1.35 bits per heavy atom. The second kappa shape index (κ2) is 6.91. The third kappa shape index (κ3) is 3.96. The number of nitrogens with one attached hydrogen (secondary N) is 1. The highest BCUT2D eigenvalue weighted by molar-refractivity contribution is 9.11. The number of halogens is 2. The number of benzene rings is 1. The number of nitrogens with zero attached hydrogens (tertiary/aromatic N) is 1. The van der Waals surface area contributed by atoms with Gasteiger partial charge in [-0.05, 0) is 62.4 Å². The smallest absolute Gasteiger partial charge is 0.219 e. The second-order valence-corrected chi connectivity index (χ2v) is 6.78.